The second-order valence-corrected chi connectivity index (χ2v) is 4.91. The van der Waals surface area contributed by atoms with E-state index in [4.69, 9.17) is 15.2 Å². The molecule has 112 valence electrons. The van der Waals surface area contributed by atoms with Gasteiger partial charge in [0.05, 0.1) is 26.0 Å². The molecule has 0 aliphatic heterocycles. The van der Waals surface area contributed by atoms with Crippen LogP contribution in [0.15, 0.2) is 42.7 Å². The van der Waals surface area contributed by atoms with Crippen LogP contribution >= 0.6 is 0 Å². The molecule has 0 saturated heterocycles. The zero-order valence-corrected chi connectivity index (χ0v) is 12.6. The van der Waals surface area contributed by atoms with Crippen molar-refractivity contribution in [3.05, 3.63) is 53.9 Å². The lowest BCUT2D eigenvalue weighted by Crippen LogP contribution is -2.12. The average Bonchev–Trinajstić information content (AvgIpc) is 2.55. The van der Waals surface area contributed by atoms with Gasteiger partial charge in [-0.25, -0.2) is 0 Å². The number of hydrogen-bond donors (Lipinski definition) is 1. The summed E-state index contributed by atoms with van der Waals surface area (Å²) in [5, 5.41) is 0. The molecule has 1 unspecified atom stereocenters. The van der Waals surface area contributed by atoms with E-state index in [1.807, 2.05) is 30.3 Å². The lowest BCUT2D eigenvalue weighted by Gasteiger charge is -2.14. The van der Waals surface area contributed by atoms with Gasteiger partial charge < -0.3 is 15.2 Å². The minimum Gasteiger partial charge on any atom is -0.495 e. The second-order valence-electron chi connectivity index (χ2n) is 4.91. The molecule has 0 fully saturated rings. The van der Waals surface area contributed by atoms with E-state index in [0.717, 1.165) is 36.3 Å². The van der Waals surface area contributed by atoms with Crippen molar-refractivity contribution in [1.29, 1.82) is 0 Å². The molecule has 21 heavy (non-hydrogen) atoms. The van der Waals surface area contributed by atoms with Crippen LogP contribution in [0.1, 0.15) is 36.9 Å². The molecule has 1 aromatic carbocycles. The maximum absolute atomic E-state index is 6.28. The van der Waals surface area contributed by atoms with Gasteiger partial charge in [-0.15, -0.1) is 0 Å². The molecule has 0 aliphatic carbocycles. The summed E-state index contributed by atoms with van der Waals surface area (Å²) in [7, 11) is 1.62. The van der Waals surface area contributed by atoms with Gasteiger partial charge in [0.2, 0.25) is 0 Å². The molecule has 4 heteroatoms. The summed E-state index contributed by atoms with van der Waals surface area (Å²) in [6.07, 6.45) is 5.63. The van der Waals surface area contributed by atoms with Crippen molar-refractivity contribution in [3.8, 4) is 11.5 Å². The molecule has 1 heterocycles. The quantitative estimate of drug-likeness (QED) is 0.793. The maximum atomic E-state index is 6.28. The molecule has 0 bridgehead atoms. The van der Waals surface area contributed by atoms with E-state index >= 15 is 0 Å². The monoisotopic (exact) mass is 286 g/mol. The van der Waals surface area contributed by atoms with Crippen molar-refractivity contribution in [1.82, 2.24) is 4.98 Å². The van der Waals surface area contributed by atoms with Gasteiger partial charge in [-0.1, -0.05) is 25.5 Å². The summed E-state index contributed by atoms with van der Waals surface area (Å²) < 4.78 is 10.8. The van der Waals surface area contributed by atoms with Gasteiger partial charge in [0, 0.05) is 6.20 Å². The van der Waals surface area contributed by atoms with Crippen molar-refractivity contribution in [2.75, 3.05) is 13.7 Å². The van der Waals surface area contributed by atoms with Gasteiger partial charge in [-0.05, 0) is 35.7 Å². The van der Waals surface area contributed by atoms with E-state index < -0.39 is 0 Å². The van der Waals surface area contributed by atoms with Crippen molar-refractivity contribution >= 4 is 0 Å². The molecule has 0 spiro atoms. The summed E-state index contributed by atoms with van der Waals surface area (Å²) in [6.45, 7) is 2.90. The zero-order chi connectivity index (χ0) is 15.1. The van der Waals surface area contributed by atoms with E-state index in [0.29, 0.717) is 5.75 Å². The number of benzene rings is 1. The van der Waals surface area contributed by atoms with Gasteiger partial charge in [-0.3, -0.25) is 4.98 Å². The molecule has 2 N–H and O–H groups in total. The fourth-order valence-electron chi connectivity index (χ4n) is 2.02. The Hall–Kier alpha value is -2.07. The topological polar surface area (TPSA) is 57.4 Å². The third kappa shape index (κ3) is 4.20. The molecule has 2 rings (SSSR count). The summed E-state index contributed by atoms with van der Waals surface area (Å²) in [5.41, 5.74) is 8.22. The van der Waals surface area contributed by atoms with Gasteiger partial charge in [0.15, 0.2) is 0 Å². The van der Waals surface area contributed by atoms with Crippen molar-refractivity contribution in [2.45, 2.75) is 25.8 Å². The summed E-state index contributed by atoms with van der Waals surface area (Å²) in [6, 6.07) is 9.58. The number of pyridine rings is 1. The van der Waals surface area contributed by atoms with Crippen LogP contribution in [0.5, 0.6) is 11.5 Å². The molecule has 1 aromatic heterocycles. The number of methoxy groups -OCH3 is 1. The Morgan fingerprint density at radius 1 is 1.10 bits per heavy atom. The smallest absolute Gasteiger partial charge is 0.137 e. The van der Waals surface area contributed by atoms with E-state index in [2.05, 4.69) is 11.9 Å². The Kier molecular flexibility index (Phi) is 5.58. The highest BCUT2D eigenvalue weighted by Crippen LogP contribution is 2.24. The molecule has 1 atom stereocenters. The molecular formula is C17H22N2O2. The van der Waals surface area contributed by atoms with Crippen LogP contribution in [0.4, 0.5) is 0 Å². The Morgan fingerprint density at radius 3 is 2.52 bits per heavy atom. The first kappa shape index (κ1) is 15.3. The van der Waals surface area contributed by atoms with E-state index in [1.165, 1.54) is 0 Å². The molecule has 0 radical (unpaired) electrons. The minimum atomic E-state index is -0.225. The third-order valence-electron chi connectivity index (χ3n) is 3.33. The van der Waals surface area contributed by atoms with Gasteiger partial charge >= 0.3 is 0 Å². The van der Waals surface area contributed by atoms with Gasteiger partial charge in [0.1, 0.15) is 11.5 Å². The molecule has 4 nitrogen and oxygen atoms in total. The number of nitrogens with two attached hydrogens (primary N) is 1. The Labute approximate surface area is 125 Å². The van der Waals surface area contributed by atoms with Crippen LogP contribution in [-0.4, -0.2) is 18.7 Å². The number of ether oxygens (including phenoxy) is 2. The number of nitrogens with zero attached hydrogens (tertiary/aromatic N) is 1. The van der Waals surface area contributed by atoms with Crippen LogP contribution in [0.25, 0.3) is 0 Å². The largest absolute Gasteiger partial charge is 0.495 e. The van der Waals surface area contributed by atoms with Crippen molar-refractivity contribution in [3.63, 3.8) is 0 Å². The Bertz CT molecular complexity index is 555. The molecule has 2 aromatic rings. The Balaban J connectivity index is 2.06. The van der Waals surface area contributed by atoms with E-state index in [-0.39, 0.29) is 6.04 Å². The zero-order valence-electron chi connectivity index (χ0n) is 12.6. The number of hydrogen-bond acceptors (Lipinski definition) is 4. The average molecular weight is 286 g/mol. The van der Waals surface area contributed by atoms with Crippen LogP contribution < -0.4 is 15.2 Å². The first-order valence-corrected chi connectivity index (χ1v) is 7.22. The fraction of sp³-hybridized carbons (Fsp3) is 0.353. The normalized spacial score (nSPS) is 12.0. The number of rotatable bonds is 7. The summed E-state index contributed by atoms with van der Waals surface area (Å²) in [4.78, 5) is 4.14. The fourth-order valence-corrected chi connectivity index (χ4v) is 2.02. The van der Waals surface area contributed by atoms with Gasteiger partial charge in [0.25, 0.3) is 0 Å². The van der Waals surface area contributed by atoms with Crippen LogP contribution in [0, 0.1) is 0 Å². The minimum absolute atomic E-state index is 0.225. The second kappa shape index (κ2) is 7.64. The molecule has 0 aliphatic rings. The number of unbranched alkanes of at least 4 members (excludes halogenated alkanes) is 1. The molecule has 0 saturated carbocycles. The van der Waals surface area contributed by atoms with E-state index in [1.54, 1.807) is 19.5 Å². The number of aromatic nitrogens is 1. The predicted molar refractivity (Wildman–Crippen MR) is 83.7 cm³/mol. The van der Waals surface area contributed by atoms with E-state index in [9.17, 15) is 0 Å². The first-order chi connectivity index (χ1) is 10.2. The highest BCUT2D eigenvalue weighted by molar-refractivity contribution is 5.36. The lowest BCUT2D eigenvalue weighted by molar-refractivity contribution is 0.309. The summed E-state index contributed by atoms with van der Waals surface area (Å²) >= 11 is 0. The lowest BCUT2D eigenvalue weighted by atomic mass is 10.0. The Morgan fingerprint density at radius 2 is 1.86 bits per heavy atom. The third-order valence-corrected chi connectivity index (χ3v) is 3.33. The van der Waals surface area contributed by atoms with Crippen LogP contribution in [0.2, 0.25) is 0 Å². The predicted octanol–water partition coefficient (Wildman–Crippen LogP) is 3.32. The molecular weight excluding hydrogens is 264 g/mol. The van der Waals surface area contributed by atoms with Gasteiger partial charge in [-0.2, -0.15) is 0 Å². The van der Waals surface area contributed by atoms with Crippen molar-refractivity contribution in [2.24, 2.45) is 5.73 Å². The standard InChI is InChI=1S/C17H22N2O2/c1-3-4-9-21-15-7-5-13(6-8-15)17(18)14-10-16(20-2)12-19-11-14/h5-8,10-12,17H,3-4,9,18H2,1-2H3. The highest BCUT2D eigenvalue weighted by atomic mass is 16.5. The van der Waals surface area contributed by atoms with Crippen LogP contribution in [0.3, 0.4) is 0 Å². The maximum Gasteiger partial charge on any atom is 0.137 e. The van der Waals surface area contributed by atoms with Crippen LogP contribution in [-0.2, 0) is 0 Å². The molecule has 0 amide bonds. The van der Waals surface area contributed by atoms with Crippen molar-refractivity contribution < 1.29 is 9.47 Å². The SMILES string of the molecule is CCCCOc1ccc(C(N)c2cncc(OC)c2)cc1. The highest BCUT2D eigenvalue weighted by Gasteiger charge is 2.10. The first-order valence-electron chi connectivity index (χ1n) is 7.22. The summed E-state index contributed by atoms with van der Waals surface area (Å²) in [5.74, 6) is 1.59.